The van der Waals surface area contributed by atoms with Gasteiger partial charge < -0.3 is 4.74 Å². The van der Waals surface area contributed by atoms with Gasteiger partial charge in [0.05, 0.1) is 0 Å². The number of rotatable bonds is 7. The van der Waals surface area contributed by atoms with Gasteiger partial charge in [0.15, 0.2) is 10.9 Å². The molecule has 2 rings (SSSR count). The predicted octanol–water partition coefficient (Wildman–Crippen LogP) is 3.82. The highest BCUT2D eigenvalue weighted by atomic mass is 79.9. The number of amides is 1. The van der Waals surface area contributed by atoms with E-state index in [2.05, 4.69) is 38.4 Å². The van der Waals surface area contributed by atoms with Crippen LogP contribution in [0, 0.1) is 0 Å². The highest BCUT2D eigenvalue weighted by Gasteiger charge is 2.09. The molecule has 112 valence electrons. The average molecular weight is 388 g/mol. The molecule has 0 radical (unpaired) electrons. The van der Waals surface area contributed by atoms with Gasteiger partial charge in [-0.1, -0.05) is 46.0 Å². The third kappa shape index (κ3) is 5.64. The van der Waals surface area contributed by atoms with Crippen molar-refractivity contribution >= 4 is 50.1 Å². The van der Waals surface area contributed by atoms with Crippen LogP contribution in [0.4, 0.5) is 5.13 Å². The van der Waals surface area contributed by atoms with Gasteiger partial charge in [0.1, 0.15) is 5.75 Å². The third-order valence-electron chi connectivity index (χ3n) is 2.27. The number of hydrogen-bond acceptors (Lipinski definition) is 6. The maximum atomic E-state index is 11.8. The molecule has 0 atom stereocenters. The van der Waals surface area contributed by atoms with Crippen LogP contribution >= 0.6 is 39.0 Å². The minimum atomic E-state index is -0.249. The molecule has 0 aliphatic carbocycles. The molecule has 1 heterocycles. The van der Waals surface area contributed by atoms with Crippen LogP contribution in [0.15, 0.2) is 33.1 Å². The monoisotopic (exact) mass is 387 g/mol. The van der Waals surface area contributed by atoms with Crippen LogP contribution < -0.4 is 10.1 Å². The van der Waals surface area contributed by atoms with Gasteiger partial charge in [-0.15, -0.1) is 10.2 Å². The molecule has 1 aromatic carbocycles. The molecule has 0 saturated heterocycles. The van der Waals surface area contributed by atoms with Crippen LogP contribution in [0.2, 0.25) is 0 Å². The molecule has 0 aliphatic rings. The Morgan fingerprint density at radius 2 is 2.14 bits per heavy atom. The predicted molar refractivity (Wildman–Crippen MR) is 89.2 cm³/mol. The van der Waals surface area contributed by atoms with Crippen LogP contribution in [0.25, 0.3) is 0 Å². The summed E-state index contributed by atoms with van der Waals surface area (Å²) in [6.07, 6.45) is 1.08. The Labute approximate surface area is 139 Å². The summed E-state index contributed by atoms with van der Waals surface area (Å²) in [4.78, 5) is 11.8. The van der Waals surface area contributed by atoms with E-state index in [9.17, 15) is 4.79 Å². The first-order chi connectivity index (χ1) is 10.2. The van der Waals surface area contributed by atoms with E-state index in [1.807, 2.05) is 12.1 Å². The lowest BCUT2D eigenvalue weighted by Crippen LogP contribution is -2.20. The zero-order chi connectivity index (χ0) is 15.1. The molecule has 1 amide bonds. The number of halogens is 1. The van der Waals surface area contributed by atoms with Gasteiger partial charge in [0, 0.05) is 10.2 Å². The van der Waals surface area contributed by atoms with Crippen molar-refractivity contribution in [1.82, 2.24) is 10.2 Å². The summed E-state index contributed by atoms with van der Waals surface area (Å²) in [7, 11) is 0. The molecule has 0 saturated carbocycles. The van der Waals surface area contributed by atoms with E-state index in [1.54, 1.807) is 23.9 Å². The maximum absolute atomic E-state index is 11.8. The fourth-order valence-corrected chi connectivity index (χ4v) is 3.30. The lowest BCUT2D eigenvalue weighted by molar-refractivity contribution is -0.118. The number of anilines is 1. The second-order valence-electron chi connectivity index (χ2n) is 4.01. The molecular weight excluding hydrogens is 374 g/mol. The molecule has 1 N–H and O–H groups in total. The van der Waals surface area contributed by atoms with Gasteiger partial charge in [-0.25, -0.2) is 0 Å². The average Bonchev–Trinajstić information content (AvgIpc) is 2.92. The van der Waals surface area contributed by atoms with Crippen molar-refractivity contribution in [2.45, 2.75) is 17.7 Å². The highest BCUT2D eigenvalue weighted by molar-refractivity contribution is 9.10. The molecule has 0 aliphatic heterocycles. The fourth-order valence-electron chi connectivity index (χ4n) is 1.34. The zero-order valence-electron chi connectivity index (χ0n) is 11.3. The molecule has 0 spiro atoms. The number of thioether (sulfide) groups is 1. The van der Waals surface area contributed by atoms with Crippen LogP contribution in [-0.4, -0.2) is 28.5 Å². The standard InChI is InChI=1S/C13H14BrN3O2S2/c1-2-7-20-13-17-16-12(21-13)15-11(18)8-19-10-5-3-9(14)4-6-10/h3-6H,2,7-8H2,1H3,(H,15,16,18). The molecule has 21 heavy (non-hydrogen) atoms. The Morgan fingerprint density at radius 1 is 1.38 bits per heavy atom. The second-order valence-corrected chi connectivity index (χ2v) is 7.25. The number of aromatic nitrogens is 2. The molecule has 0 bridgehead atoms. The minimum absolute atomic E-state index is 0.0569. The van der Waals surface area contributed by atoms with E-state index >= 15 is 0 Å². The van der Waals surface area contributed by atoms with Crippen LogP contribution in [0.5, 0.6) is 5.75 Å². The van der Waals surface area contributed by atoms with Crippen LogP contribution in [0.3, 0.4) is 0 Å². The second kappa shape index (κ2) is 8.35. The molecule has 5 nitrogen and oxygen atoms in total. The number of hydrogen-bond donors (Lipinski definition) is 1. The first kappa shape index (κ1) is 16.3. The topological polar surface area (TPSA) is 64.1 Å². The van der Waals surface area contributed by atoms with Crippen molar-refractivity contribution in [3.63, 3.8) is 0 Å². The zero-order valence-corrected chi connectivity index (χ0v) is 14.6. The number of carbonyl (C=O) groups excluding carboxylic acids is 1. The van der Waals surface area contributed by atoms with Crippen molar-refractivity contribution in [2.75, 3.05) is 17.7 Å². The molecule has 2 aromatic rings. The normalized spacial score (nSPS) is 10.4. The smallest absolute Gasteiger partial charge is 0.264 e. The van der Waals surface area contributed by atoms with E-state index < -0.39 is 0 Å². The molecule has 0 fully saturated rings. The first-order valence-electron chi connectivity index (χ1n) is 6.32. The summed E-state index contributed by atoms with van der Waals surface area (Å²) in [6, 6.07) is 7.30. The summed E-state index contributed by atoms with van der Waals surface area (Å²) in [5.41, 5.74) is 0. The number of ether oxygens (including phenoxy) is 1. The van der Waals surface area contributed by atoms with E-state index in [4.69, 9.17) is 4.74 Å². The summed E-state index contributed by atoms with van der Waals surface area (Å²) in [6.45, 7) is 2.05. The molecule has 8 heteroatoms. The van der Waals surface area contributed by atoms with E-state index in [0.29, 0.717) is 10.9 Å². The van der Waals surface area contributed by atoms with Crippen LogP contribution in [-0.2, 0) is 4.79 Å². The largest absolute Gasteiger partial charge is 0.484 e. The van der Waals surface area contributed by atoms with E-state index in [1.165, 1.54) is 11.3 Å². The Balaban J connectivity index is 1.78. The lowest BCUT2D eigenvalue weighted by atomic mass is 10.3. The lowest BCUT2D eigenvalue weighted by Gasteiger charge is -2.05. The van der Waals surface area contributed by atoms with Crippen molar-refractivity contribution < 1.29 is 9.53 Å². The van der Waals surface area contributed by atoms with Crippen molar-refractivity contribution in [1.29, 1.82) is 0 Å². The van der Waals surface area contributed by atoms with Crippen molar-refractivity contribution in [3.8, 4) is 5.75 Å². The minimum Gasteiger partial charge on any atom is -0.484 e. The van der Waals surface area contributed by atoms with Gasteiger partial charge in [-0.05, 0) is 30.7 Å². The fraction of sp³-hybridized carbons (Fsp3) is 0.308. The van der Waals surface area contributed by atoms with Gasteiger partial charge in [0.25, 0.3) is 5.91 Å². The van der Waals surface area contributed by atoms with Gasteiger partial charge in [0.2, 0.25) is 5.13 Å². The van der Waals surface area contributed by atoms with Crippen LogP contribution in [0.1, 0.15) is 13.3 Å². The van der Waals surface area contributed by atoms with Gasteiger partial charge in [-0.3, -0.25) is 10.1 Å². The van der Waals surface area contributed by atoms with Gasteiger partial charge >= 0.3 is 0 Å². The van der Waals surface area contributed by atoms with Crippen molar-refractivity contribution in [2.24, 2.45) is 0 Å². The number of benzene rings is 1. The summed E-state index contributed by atoms with van der Waals surface area (Å²) in [5.74, 6) is 1.39. The Morgan fingerprint density at radius 3 is 2.86 bits per heavy atom. The first-order valence-corrected chi connectivity index (χ1v) is 8.91. The SMILES string of the molecule is CCCSc1nnc(NC(=O)COc2ccc(Br)cc2)s1. The maximum Gasteiger partial charge on any atom is 0.264 e. The molecule has 1 aromatic heterocycles. The summed E-state index contributed by atoms with van der Waals surface area (Å²) >= 11 is 6.35. The van der Waals surface area contributed by atoms with Gasteiger partial charge in [-0.2, -0.15) is 0 Å². The van der Waals surface area contributed by atoms with E-state index in [-0.39, 0.29) is 12.5 Å². The molecular formula is C13H14BrN3O2S2. The molecule has 0 unspecified atom stereocenters. The Bertz CT molecular complexity index is 589. The Hall–Kier alpha value is -1.12. The summed E-state index contributed by atoms with van der Waals surface area (Å²) in [5, 5.41) is 11.1. The van der Waals surface area contributed by atoms with Crippen molar-refractivity contribution in [3.05, 3.63) is 28.7 Å². The number of nitrogens with one attached hydrogen (secondary N) is 1. The number of nitrogens with zero attached hydrogens (tertiary/aromatic N) is 2. The quantitative estimate of drug-likeness (QED) is 0.577. The third-order valence-corrected chi connectivity index (χ3v) is 4.97. The number of carbonyl (C=O) groups is 1. The highest BCUT2D eigenvalue weighted by Crippen LogP contribution is 2.25. The Kier molecular flexibility index (Phi) is 6.47. The summed E-state index contributed by atoms with van der Waals surface area (Å²) < 4.78 is 7.21. The van der Waals surface area contributed by atoms with E-state index in [0.717, 1.165) is 21.0 Å².